The van der Waals surface area contributed by atoms with Gasteiger partial charge in [-0.15, -0.1) is 0 Å². The smallest absolute Gasteiger partial charge is 0.313 e. The molecule has 1 aliphatic rings. The number of aliphatic carboxylic acids is 1. The van der Waals surface area contributed by atoms with Gasteiger partial charge in [0.05, 0.1) is 24.9 Å². The number of anilines is 1. The van der Waals surface area contributed by atoms with Crippen LogP contribution in [-0.4, -0.2) is 38.7 Å². The number of hydrogen-bond donors (Lipinski definition) is 3. The van der Waals surface area contributed by atoms with Crippen LogP contribution in [0, 0.1) is 5.41 Å². The van der Waals surface area contributed by atoms with Crippen LogP contribution in [0.25, 0.3) is 0 Å². The molecule has 0 aromatic heterocycles. The van der Waals surface area contributed by atoms with Crippen molar-refractivity contribution in [3.8, 4) is 0 Å². The van der Waals surface area contributed by atoms with Crippen LogP contribution in [0.3, 0.4) is 0 Å². The molecular weight excluding hydrogens is 284 g/mol. The highest BCUT2D eigenvalue weighted by molar-refractivity contribution is 7.89. The molecule has 2 rings (SSSR count). The van der Waals surface area contributed by atoms with Crippen molar-refractivity contribution < 1.29 is 23.1 Å². The summed E-state index contributed by atoms with van der Waals surface area (Å²) in [6.45, 7) is 1.80. The normalized spacial score (nSPS) is 26.4. The van der Waals surface area contributed by atoms with E-state index in [4.69, 9.17) is 9.88 Å². The second-order valence-electron chi connectivity index (χ2n) is 4.98. The minimum absolute atomic E-state index is 0.0670. The first kappa shape index (κ1) is 14.8. The van der Waals surface area contributed by atoms with Gasteiger partial charge in [0.1, 0.15) is 10.3 Å². The molecule has 20 heavy (non-hydrogen) atoms. The van der Waals surface area contributed by atoms with Crippen molar-refractivity contribution in [2.24, 2.45) is 10.6 Å². The van der Waals surface area contributed by atoms with Crippen LogP contribution in [0.5, 0.6) is 0 Å². The summed E-state index contributed by atoms with van der Waals surface area (Å²) in [5.74, 6) is -0.999. The zero-order valence-corrected chi connectivity index (χ0v) is 11.7. The number of ether oxygens (including phenoxy) is 1. The van der Waals surface area contributed by atoms with Gasteiger partial charge in [0.15, 0.2) is 0 Å². The Balaban J connectivity index is 2.34. The van der Waals surface area contributed by atoms with Gasteiger partial charge in [0, 0.05) is 0 Å². The highest BCUT2D eigenvalue weighted by atomic mass is 32.2. The average molecular weight is 300 g/mol. The highest BCUT2D eigenvalue weighted by Gasteiger charge is 2.47. The average Bonchev–Trinajstić information content (AvgIpc) is 2.72. The number of rotatable bonds is 4. The van der Waals surface area contributed by atoms with E-state index in [0.717, 1.165) is 0 Å². The van der Waals surface area contributed by atoms with E-state index in [1.807, 2.05) is 0 Å². The van der Waals surface area contributed by atoms with Gasteiger partial charge in [-0.25, -0.2) is 13.6 Å². The SMILES string of the molecule is CC1(C(=O)O)COCC1Nc1ccccc1S(N)(=O)=O. The zero-order chi connectivity index (χ0) is 15.0. The highest BCUT2D eigenvalue weighted by Crippen LogP contribution is 2.32. The van der Waals surface area contributed by atoms with Gasteiger partial charge in [0.25, 0.3) is 0 Å². The minimum Gasteiger partial charge on any atom is -0.481 e. The van der Waals surface area contributed by atoms with Crippen molar-refractivity contribution in [1.82, 2.24) is 0 Å². The van der Waals surface area contributed by atoms with Crippen molar-refractivity contribution in [3.63, 3.8) is 0 Å². The Morgan fingerprint density at radius 3 is 2.75 bits per heavy atom. The Hall–Kier alpha value is -1.64. The number of nitrogens with one attached hydrogen (secondary N) is 1. The summed E-state index contributed by atoms with van der Waals surface area (Å²) in [4.78, 5) is 11.3. The van der Waals surface area contributed by atoms with Crippen molar-refractivity contribution in [2.45, 2.75) is 17.9 Å². The first-order chi connectivity index (χ1) is 9.25. The van der Waals surface area contributed by atoms with E-state index < -0.39 is 27.4 Å². The first-order valence-electron chi connectivity index (χ1n) is 5.94. The first-order valence-corrected chi connectivity index (χ1v) is 7.49. The van der Waals surface area contributed by atoms with E-state index >= 15 is 0 Å². The molecule has 1 saturated heterocycles. The molecule has 0 amide bonds. The van der Waals surface area contributed by atoms with Crippen LogP contribution in [0.1, 0.15) is 6.92 Å². The van der Waals surface area contributed by atoms with Gasteiger partial charge in [-0.3, -0.25) is 4.79 Å². The van der Waals surface area contributed by atoms with Crippen molar-refractivity contribution >= 4 is 21.7 Å². The number of nitrogens with two attached hydrogens (primary N) is 1. The third-order valence-corrected chi connectivity index (χ3v) is 4.44. The maximum absolute atomic E-state index is 11.5. The van der Waals surface area contributed by atoms with Gasteiger partial charge in [-0.2, -0.15) is 0 Å². The van der Waals surface area contributed by atoms with Gasteiger partial charge in [-0.1, -0.05) is 12.1 Å². The Morgan fingerprint density at radius 1 is 1.50 bits per heavy atom. The van der Waals surface area contributed by atoms with E-state index in [1.165, 1.54) is 6.07 Å². The Kier molecular flexibility index (Phi) is 3.72. The third-order valence-electron chi connectivity index (χ3n) is 3.47. The van der Waals surface area contributed by atoms with Crippen LogP contribution in [0.2, 0.25) is 0 Å². The molecule has 1 aliphatic heterocycles. The van der Waals surface area contributed by atoms with Crippen LogP contribution < -0.4 is 10.5 Å². The molecule has 8 heteroatoms. The van der Waals surface area contributed by atoms with Crippen molar-refractivity contribution in [3.05, 3.63) is 24.3 Å². The standard InChI is InChI=1S/C12H16N2O5S/c1-12(11(15)16)7-19-6-10(12)14-8-4-2-3-5-9(8)20(13,17)18/h2-5,10,14H,6-7H2,1H3,(H,15,16)(H2,13,17,18). The molecule has 0 spiro atoms. The molecule has 2 atom stereocenters. The lowest BCUT2D eigenvalue weighted by atomic mass is 9.85. The number of carboxylic acid groups (broad SMARTS) is 1. The van der Waals surface area contributed by atoms with Crippen LogP contribution in [0.4, 0.5) is 5.69 Å². The summed E-state index contributed by atoms with van der Waals surface area (Å²) in [6, 6.07) is 5.56. The number of primary sulfonamides is 1. The van der Waals surface area contributed by atoms with E-state index in [1.54, 1.807) is 25.1 Å². The van der Waals surface area contributed by atoms with Crippen LogP contribution in [-0.2, 0) is 19.6 Å². The quantitative estimate of drug-likeness (QED) is 0.732. The monoisotopic (exact) mass is 300 g/mol. The predicted molar refractivity (Wildman–Crippen MR) is 71.8 cm³/mol. The zero-order valence-electron chi connectivity index (χ0n) is 10.9. The minimum atomic E-state index is -3.88. The van der Waals surface area contributed by atoms with Gasteiger partial charge >= 0.3 is 5.97 Å². The molecule has 1 aromatic carbocycles. The molecule has 0 radical (unpaired) electrons. The molecule has 0 saturated carbocycles. The lowest BCUT2D eigenvalue weighted by Gasteiger charge is -2.27. The number of hydrogen-bond acceptors (Lipinski definition) is 5. The maximum atomic E-state index is 11.5. The maximum Gasteiger partial charge on any atom is 0.313 e. The number of carbonyl (C=O) groups is 1. The number of sulfonamides is 1. The molecule has 110 valence electrons. The lowest BCUT2D eigenvalue weighted by molar-refractivity contribution is -0.148. The topological polar surface area (TPSA) is 119 Å². The molecule has 1 heterocycles. The van der Waals surface area contributed by atoms with Gasteiger partial charge in [-0.05, 0) is 19.1 Å². The van der Waals surface area contributed by atoms with E-state index in [0.29, 0.717) is 0 Å². The molecule has 2 unspecified atom stereocenters. The van der Waals surface area contributed by atoms with E-state index in [9.17, 15) is 18.3 Å². The molecule has 1 fully saturated rings. The molecule has 0 aliphatic carbocycles. The Morgan fingerprint density at radius 2 is 2.15 bits per heavy atom. The molecule has 4 N–H and O–H groups in total. The molecule has 0 bridgehead atoms. The van der Waals surface area contributed by atoms with E-state index in [-0.39, 0.29) is 23.8 Å². The van der Waals surface area contributed by atoms with Gasteiger partial charge < -0.3 is 15.2 Å². The third kappa shape index (κ3) is 2.62. The van der Waals surface area contributed by atoms with Crippen LogP contribution >= 0.6 is 0 Å². The van der Waals surface area contributed by atoms with Crippen LogP contribution in [0.15, 0.2) is 29.2 Å². The second-order valence-corrected chi connectivity index (χ2v) is 6.51. The predicted octanol–water partition coefficient (Wildman–Crippen LogP) is 0.236. The summed E-state index contributed by atoms with van der Waals surface area (Å²) in [5.41, 5.74) is -0.844. The number of para-hydroxylation sites is 1. The second kappa shape index (κ2) is 5.04. The summed E-state index contributed by atoms with van der Waals surface area (Å²) >= 11 is 0. The summed E-state index contributed by atoms with van der Waals surface area (Å²) in [5, 5.41) is 17.4. The lowest BCUT2D eigenvalue weighted by Crippen LogP contribution is -2.43. The summed E-state index contributed by atoms with van der Waals surface area (Å²) in [7, 11) is -3.88. The summed E-state index contributed by atoms with van der Waals surface area (Å²) < 4.78 is 28.2. The number of benzene rings is 1. The van der Waals surface area contributed by atoms with E-state index in [2.05, 4.69) is 5.32 Å². The fourth-order valence-corrected chi connectivity index (χ4v) is 2.81. The fourth-order valence-electron chi connectivity index (χ4n) is 2.11. The molecule has 1 aromatic rings. The summed E-state index contributed by atoms with van der Waals surface area (Å²) in [6.07, 6.45) is 0. The Labute approximate surface area is 116 Å². The Bertz CT molecular complexity index is 630. The largest absolute Gasteiger partial charge is 0.481 e. The fraction of sp³-hybridized carbons (Fsp3) is 0.417. The van der Waals surface area contributed by atoms with Crippen molar-refractivity contribution in [2.75, 3.05) is 18.5 Å². The van der Waals surface area contributed by atoms with Gasteiger partial charge in [0.2, 0.25) is 10.0 Å². The number of carboxylic acids is 1. The van der Waals surface area contributed by atoms with Crippen molar-refractivity contribution in [1.29, 1.82) is 0 Å². The molecule has 7 nitrogen and oxygen atoms in total. The molecular formula is C12H16N2O5S.